The third kappa shape index (κ3) is 6.94. The number of hydrogen-bond donors (Lipinski definition) is 2. The maximum Gasteiger partial charge on any atom is 0.213 e. The van der Waals surface area contributed by atoms with Crippen molar-refractivity contribution in [2.45, 2.75) is 32.5 Å². The van der Waals surface area contributed by atoms with Crippen LogP contribution in [0.25, 0.3) is 0 Å². The second-order valence-electron chi connectivity index (χ2n) is 8.20. The lowest BCUT2D eigenvalue weighted by Crippen LogP contribution is -2.37. The number of nitrogens with zero attached hydrogens (tertiary/aromatic N) is 3. The van der Waals surface area contributed by atoms with Crippen LogP contribution < -0.4 is 15.4 Å². The van der Waals surface area contributed by atoms with Crippen molar-refractivity contribution >= 4 is 5.96 Å². The topological polar surface area (TPSA) is 71.0 Å². The van der Waals surface area contributed by atoms with Gasteiger partial charge in [-0.05, 0) is 35.4 Å². The lowest BCUT2D eigenvalue weighted by Gasteiger charge is -2.27. The predicted octanol–water partition coefficient (Wildman–Crippen LogP) is 2.57. The van der Waals surface area contributed by atoms with E-state index >= 15 is 0 Å². The highest BCUT2D eigenvalue weighted by Gasteiger charge is 2.22. The van der Waals surface area contributed by atoms with Gasteiger partial charge in [0.1, 0.15) is 0 Å². The number of aromatic nitrogens is 1. The standard InChI is InChI=1S/C24H33N5O2/c1-25-24(27-15-20-8-9-23(26-14-20)31-18-19-6-7-19)28-16-21-4-2-3-5-22(21)17-29-10-12-30-13-11-29/h2-5,8-9,14,19H,6-7,10-13,15-18H2,1H3,(H2,25,27,28). The largest absolute Gasteiger partial charge is 0.477 e. The fourth-order valence-corrected chi connectivity index (χ4v) is 3.56. The summed E-state index contributed by atoms with van der Waals surface area (Å²) in [7, 11) is 1.79. The second-order valence-corrected chi connectivity index (χ2v) is 8.20. The van der Waals surface area contributed by atoms with Gasteiger partial charge >= 0.3 is 0 Å². The van der Waals surface area contributed by atoms with Gasteiger partial charge in [0.05, 0.1) is 19.8 Å². The molecule has 1 saturated heterocycles. The van der Waals surface area contributed by atoms with E-state index in [1.807, 2.05) is 18.3 Å². The van der Waals surface area contributed by atoms with Gasteiger partial charge in [0.25, 0.3) is 0 Å². The molecule has 2 aromatic rings. The highest BCUT2D eigenvalue weighted by molar-refractivity contribution is 5.79. The van der Waals surface area contributed by atoms with Crippen molar-refractivity contribution in [1.82, 2.24) is 20.5 Å². The fraction of sp³-hybridized carbons (Fsp3) is 0.500. The Morgan fingerprint density at radius 1 is 1.10 bits per heavy atom. The molecule has 31 heavy (non-hydrogen) atoms. The molecule has 0 radical (unpaired) electrons. The minimum absolute atomic E-state index is 0.658. The molecular formula is C24H33N5O2. The van der Waals surface area contributed by atoms with Gasteiger partial charge in [-0.1, -0.05) is 30.3 Å². The Labute approximate surface area is 184 Å². The van der Waals surface area contributed by atoms with E-state index < -0.39 is 0 Å². The molecule has 2 fully saturated rings. The Bertz CT molecular complexity index is 845. The molecule has 4 rings (SSSR count). The van der Waals surface area contributed by atoms with Crippen LogP contribution in [0.1, 0.15) is 29.5 Å². The lowest BCUT2D eigenvalue weighted by atomic mass is 10.1. The van der Waals surface area contributed by atoms with E-state index in [0.29, 0.717) is 12.4 Å². The quantitative estimate of drug-likeness (QED) is 0.477. The molecule has 7 nitrogen and oxygen atoms in total. The Hall–Kier alpha value is -2.64. The molecule has 0 unspecified atom stereocenters. The summed E-state index contributed by atoms with van der Waals surface area (Å²) in [6, 6.07) is 12.6. The number of benzene rings is 1. The highest BCUT2D eigenvalue weighted by atomic mass is 16.5. The number of nitrogens with one attached hydrogen (secondary N) is 2. The summed E-state index contributed by atoms with van der Waals surface area (Å²) >= 11 is 0. The van der Waals surface area contributed by atoms with E-state index in [-0.39, 0.29) is 0 Å². The van der Waals surface area contributed by atoms with Gasteiger partial charge in [-0.3, -0.25) is 9.89 Å². The third-order valence-corrected chi connectivity index (χ3v) is 5.71. The van der Waals surface area contributed by atoms with Crippen LogP contribution in [0.3, 0.4) is 0 Å². The van der Waals surface area contributed by atoms with Crippen LogP contribution in [0.4, 0.5) is 0 Å². The van der Waals surface area contributed by atoms with Crippen LogP contribution in [0.5, 0.6) is 5.88 Å². The van der Waals surface area contributed by atoms with E-state index in [0.717, 1.165) is 63.4 Å². The number of morpholine rings is 1. The number of ether oxygens (including phenoxy) is 2. The van der Waals surface area contributed by atoms with Gasteiger partial charge in [-0.2, -0.15) is 0 Å². The van der Waals surface area contributed by atoms with Gasteiger partial charge in [0.2, 0.25) is 5.88 Å². The van der Waals surface area contributed by atoms with Crippen molar-refractivity contribution in [3.8, 4) is 5.88 Å². The van der Waals surface area contributed by atoms with Crippen LogP contribution in [0, 0.1) is 5.92 Å². The summed E-state index contributed by atoms with van der Waals surface area (Å²) < 4.78 is 11.2. The van der Waals surface area contributed by atoms with Gasteiger partial charge in [-0.25, -0.2) is 4.98 Å². The average Bonchev–Trinajstić information content (AvgIpc) is 3.65. The zero-order valence-corrected chi connectivity index (χ0v) is 18.3. The maximum atomic E-state index is 5.71. The molecule has 2 heterocycles. The normalized spacial score (nSPS) is 17.4. The van der Waals surface area contributed by atoms with Crippen molar-refractivity contribution in [2.24, 2.45) is 10.9 Å². The van der Waals surface area contributed by atoms with Gasteiger partial charge in [-0.15, -0.1) is 0 Å². The first-order valence-electron chi connectivity index (χ1n) is 11.2. The van der Waals surface area contributed by atoms with Crippen molar-refractivity contribution in [3.05, 3.63) is 59.3 Å². The summed E-state index contributed by atoms with van der Waals surface area (Å²) in [5.74, 6) is 2.21. The first kappa shape index (κ1) is 21.6. The number of rotatable bonds is 9. The minimum atomic E-state index is 0.658. The van der Waals surface area contributed by atoms with E-state index in [9.17, 15) is 0 Å². The van der Waals surface area contributed by atoms with Gasteiger partial charge in [0.15, 0.2) is 5.96 Å². The summed E-state index contributed by atoms with van der Waals surface area (Å²) in [5.41, 5.74) is 3.73. The first-order valence-corrected chi connectivity index (χ1v) is 11.2. The van der Waals surface area contributed by atoms with Gasteiger partial charge < -0.3 is 20.1 Å². The molecule has 1 saturated carbocycles. The third-order valence-electron chi connectivity index (χ3n) is 5.71. The number of guanidine groups is 1. The summed E-state index contributed by atoms with van der Waals surface area (Å²) in [6.45, 7) is 6.74. The van der Waals surface area contributed by atoms with Crippen molar-refractivity contribution in [1.29, 1.82) is 0 Å². The van der Waals surface area contributed by atoms with Crippen LogP contribution in [-0.4, -0.2) is 55.8 Å². The molecule has 1 aliphatic heterocycles. The SMILES string of the molecule is CN=C(NCc1ccc(OCC2CC2)nc1)NCc1ccccc1CN1CCOCC1. The van der Waals surface area contributed by atoms with Crippen molar-refractivity contribution < 1.29 is 9.47 Å². The monoisotopic (exact) mass is 423 g/mol. The first-order chi connectivity index (χ1) is 15.3. The molecule has 1 aliphatic carbocycles. The zero-order valence-electron chi connectivity index (χ0n) is 18.3. The Morgan fingerprint density at radius 3 is 2.58 bits per heavy atom. The number of hydrogen-bond acceptors (Lipinski definition) is 5. The molecule has 1 aromatic heterocycles. The molecule has 0 spiro atoms. The second kappa shape index (κ2) is 11.1. The lowest BCUT2D eigenvalue weighted by molar-refractivity contribution is 0.0341. The van der Waals surface area contributed by atoms with Crippen LogP contribution in [-0.2, 0) is 24.4 Å². The van der Waals surface area contributed by atoms with Gasteiger partial charge in [0, 0.05) is 52.0 Å². The minimum Gasteiger partial charge on any atom is -0.477 e. The van der Waals surface area contributed by atoms with Crippen LogP contribution >= 0.6 is 0 Å². The number of pyridine rings is 1. The Balaban J connectivity index is 1.25. The molecule has 2 aliphatic rings. The molecule has 166 valence electrons. The molecule has 0 atom stereocenters. The fourth-order valence-electron chi connectivity index (χ4n) is 3.56. The Kier molecular flexibility index (Phi) is 7.74. The Morgan fingerprint density at radius 2 is 1.87 bits per heavy atom. The maximum absolute atomic E-state index is 5.71. The number of aliphatic imine (C=N–C) groups is 1. The predicted molar refractivity (Wildman–Crippen MR) is 122 cm³/mol. The van der Waals surface area contributed by atoms with Crippen LogP contribution in [0.2, 0.25) is 0 Å². The summed E-state index contributed by atoms with van der Waals surface area (Å²) in [6.07, 6.45) is 4.43. The van der Waals surface area contributed by atoms with E-state index in [1.165, 1.54) is 24.0 Å². The molecule has 0 amide bonds. The van der Waals surface area contributed by atoms with E-state index in [2.05, 4.69) is 49.8 Å². The smallest absolute Gasteiger partial charge is 0.213 e. The van der Waals surface area contributed by atoms with E-state index in [1.54, 1.807) is 7.05 Å². The van der Waals surface area contributed by atoms with Crippen molar-refractivity contribution in [2.75, 3.05) is 40.0 Å². The average molecular weight is 424 g/mol. The highest BCUT2D eigenvalue weighted by Crippen LogP contribution is 2.29. The molecule has 2 N–H and O–H groups in total. The van der Waals surface area contributed by atoms with E-state index in [4.69, 9.17) is 9.47 Å². The molecule has 7 heteroatoms. The van der Waals surface area contributed by atoms with Crippen LogP contribution in [0.15, 0.2) is 47.6 Å². The summed E-state index contributed by atoms with van der Waals surface area (Å²) in [5, 5.41) is 6.80. The van der Waals surface area contributed by atoms with Crippen molar-refractivity contribution in [3.63, 3.8) is 0 Å². The zero-order chi connectivity index (χ0) is 21.3. The summed E-state index contributed by atoms with van der Waals surface area (Å²) in [4.78, 5) is 11.2. The molecule has 1 aromatic carbocycles. The molecule has 0 bridgehead atoms. The molecular weight excluding hydrogens is 390 g/mol.